The van der Waals surface area contributed by atoms with Crippen LogP contribution < -0.4 is 9.04 Å². The molecule has 1 unspecified atom stereocenters. The highest BCUT2D eigenvalue weighted by molar-refractivity contribution is 7.92. The summed E-state index contributed by atoms with van der Waals surface area (Å²) in [4.78, 5) is 0.163. The summed E-state index contributed by atoms with van der Waals surface area (Å²) in [6, 6.07) is 20.3. The van der Waals surface area contributed by atoms with Crippen LogP contribution in [0.1, 0.15) is 18.5 Å². The van der Waals surface area contributed by atoms with E-state index in [1.807, 2.05) is 18.2 Å². The van der Waals surface area contributed by atoms with E-state index in [9.17, 15) is 12.8 Å². The maximum Gasteiger partial charge on any atom is 0.264 e. The first-order chi connectivity index (χ1) is 12.9. The fourth-order valence-electron chi connectivity index (χ4n) is 3.00. The molecule has 0 aliphatic heterocycles. The van der Waals surface area contributed by atoms with E-state index in [-0.39, 0.29) is 4.90 Å². The minimum atomic E-state index is -3.88. The number of rotatable bonds is 6. The predicted molar refractivity (Wildman–Crippen MR) is 104 cm³/mol. The Morgan fingerprint density at radius 1 is 0.889 bits per heavy atom. The first-order valence-electron chi connectivity index (χ1n) is 8.43. The lowest BCUT2D eigenvalue weighted by Gasteiger charge is -2.31. The van der Waals surface area contributed by atoms with Crippen molar-refractivity contribution in [3.63, 3.8) is 0 Å². The number of anilines is 1. The second-order valence-corrected chi connectivity index (χ2v) is 7.82. The number of methoxy groups -OCH3 is 1. The van der Waals surface area contributed by atoms with Crippen molar-refractivity contribution in [3.8, 4) is 5.75 Å². The third kappa shape index (κ3) is 3.80. The number of hydrogen-bond acceptors (Lipinski definition) is 3. The van der Waals surface area contributed by atoms with E-state index in [0.717, 1.165) is 0 Å². The molecule has 3 aromatic rings. The Morgan fingerprint density at radius 3 is 2.11 bits per heavy atom. The fourth-order valence-corrected chi connectivity index (χ4v) is 4.66. The summed E-state index contributed by atoms with van der Waals surface area (Å²) in [5.74, 6) is 0.154. The number of benzene rings is 3. The summed E-state index contributed by atoms with van der Waals surface area (Å²) in [5, 5.41) is 0. The van der Waals surface area contributed by atoms with Crippen LogP contribution in [0, 0.1) is 5.82 Å². The molecule has 0 radical (unpaired) electrons. The fraction of sp³-hybridized carbons (Fsp3) is 0.143. The van der Waals surface area contributed by atoms with Crippen molar-refractivity contribution < 1.29 is 17.5 Å². The van der Waals surface area contributed by atoms with E-state index in [1.54, 1.807) is 50.4 Å². The standard InChI is InChI=1S/C21H20FNO3S/c1-16(20-10-6-7-11-21(20)26-2)23(18-14-12-17(22)13-15-18)27(24,25)19-8-4-3-5-9-19/h3-16H,1-2H3. The highest BCUT2D eigenvalue weighted by atomic mass is 32.2. The Kier molecular flexibility index (Phi) is 5.46. The molecular weight excluding hydrogens is 365 g/mol. The highest BCUT2D eigenvalue weighted by Crippen LogP contribution is 2.36. The molecule has 27 heavy (non-hydrogen) atoms. The summed E-state index contributed by atoms with van der Waals surface area (Å²) in [7, 11) is -2.34. The van der Waals surface area contributed by atoms with Gasteiger partial charge in [-0.05, 0) is 49.4 Å². The Labute approximate surface area is 158 Å². The van der Waals surface area contributed by atoms with Gasteiger partial charge in [-0.2, -0.15) is 0 Å². The second kappa shape index (κ2) is 7.80. The number of ether oxygens (including phenoxy) is 1. The van der Waals surface area contributed by atoms with Crippen molar-refractivity contribution in [2.24, 2.45) is 0 Å². The monoisotopic (exact) mass is 385 g/mol. The molecule has 0 saturated carbocycles. The van der Waals surface area contributed by atoms with Crippen molar-refractivity contribution in [2.45, 2.75) is 17.9 Å². The molecule has 4 nitrogen and oxygen atoms in total. The molecule has 0 aromatic heterocycles. The van der Waals surface area contributed by atoms with E-state index >= 15 is 0 Å². The Balaban J connectivity index is 2.17. The molecule has 0 saturated heterocycles. The molecule has 6 heteroatoms. The van der Waals surface area contributed by atoms with Gasteiger partial charge >= 0.3 is 0 Å². The molecule has 140 valence electrons. The van der Waals surface area contributed by atoms with E-state index in [2.05, 4.69) is 0 Å². The van der Waals surface area contributed by atoms with Gasteiger partial charge in [-0.1, -0.05) is 36.4 Å². The van der Waals surface area contributed by atoms with Gasteiger partial charge in [0.25, 0.3) is 10.0 Å². The lowest BCUT2D eigenvalue weighted by atomic mass is 10.1. The van der Waals surface area contributed by atoms with E-state index in [0.29, 0.717) is 17.0 Å². The Bertz CT molecular complexity index is 1010. The third-order valence-corrected chi connectivity index (χ3v) is 6.23. The molecule has 0 aliphatic rings. The van der Waals surface area contributed by atoms with Crippen molar-refractivity contribution >= 4 is 15.7 Å². The van der Waals surface area contributed by atoms with Gasteiger partial charge in [0.2, 0.25) is 0 Å². The Morgan fingerprint density at radius 2 is 1.48 bits per heavy atom. The lowest BCUT2D eigenvalue weighted by molar-refractivity contribution is 0.407. The summed E-state index contributed by atoms with van der Waals surface area (Å²) in [5.41, 5.74) is 1.09. The molecule has 0 aliphatic carbocycles. The lowest BCUT2D eigenvalue weighted by Crippen LogP contribution is -2.34. The molecule has 3 rings (SSSR count). The zero-order valence-corrected chi connectivity index (χ0v) is 15.9. The van der Waals surface area contributed by atoms with Crippen molar-refractivity contribution in [3.05, 3.63) is 90.2 Å². The molecule has 0 N–H and O–H groups in total. The number of para-hydroxylation sites is 1. The van der Waals surface area contributed by atoms with Gasteiger partial charge in [-0.3, -0.25) is 4.31 Å². The van der Waals surface area contributed by atoms with Gasteiger partial charge in [-0.15, -0.1) is 0 Å². The summed E-state index contributed by atoms with van der Waals surface area (Å²) in [6.07, 6.45) is 0. The van der Waals surface area contributed by atoms with Crippen LogP contribution in [0.4, 0.5) is 10.1 Å². The predicted octanol–water partition coefficient (Wildman–Crippen LogP) is 4.79. The summed E-state index contributed by atoms with van der Waals surface area (Å²) in [6.45, 7) is 1.78. The first-order valence-corrected chi connectivity index (χ1v) is 9.87. The molecule has 3 aromatic carbocycles. The zero-order chi connectivity index (χ0) is 19.4. The van der Waals surface area contributed by atoms with Crippen molar-refractivity contribution in [1.29, 1.82) is 0 Å². The van der Waals surface area contributed by atoms with Gasteiger partial charge in [-0.25, -0.2) is 12.8 Å². The van der Waals surface area contributed by atoms with Crippen LogP contribution in [-0.4, -0.2) is 15.5 Å². The van der Waals surface area contributed by atoms with E-state index < -0.39 is 21.9 Å². The summed E-state index contributed by atoms with van der Waals surface area (Å²) < 4.78 is 47.0. The minimum absolute atomic E-state index is 0.163. The third-order valence-electron chi connectivity index (χ3n) is 4.32. The number of nitrogens with zero attached hydrogens (tertiary/aromatic N) is 1. The van der Waals surface area contributed by atoms with Crippen LogP contribution in [0.5, 0.6) is 5.75 Å². The molecule has 0 spiro atoms. The maximum absolute atomic E-state index is 13.4. The topological polar surface area (TPSA) is 46.6 Å². The average Bonchev–Trinajstić information content (AvgIpc) is 2.70. The number of halogens is 1. The quantitative estimate of drug-likeness (QED) is 0.613. The molecule has 0 bridgehead atoms. The van der Waals surface area contributed by atoms with Crippen LogP contribution in [0.25, 0.3) is 0 Å². The van der Waals surface area contributed by atoms with Gasteiger partial charge in [0.05, 0.1) is 23.7 Å². The van der Waals surface area contributed by atoms with Crippen LogP contribution in [0.15, 0.2) is 83.8 Å². The van der Waals surface area contributed by atoms with Gasteiger partial charge in [0.1, 0.15) is 11.6 Å². The summed E-state index contributed by atoms with van der Waals surface area (Å²) >= 11 is 0. The van der Waals surface area contributed by atoms with Gasteiger partial charge < -0.3 is 4.74 Å². The number of hydrogen-bond donors (Lipinski definition) is 0. The normalized spacial score (nSPS) is 12.4. The first kappa shape index (κ1) is 18.9. The maximum atomic E-state index is 13.4. The van der Waals surface area contributed by atoms with E-state index in [1.165, 1.54) is 28.6 Å². The highest BCUT2D eigenvalue weighted by Gasteiger charge is 2.31. The Hall–Kier alpha value is -2.86. The number of sulfonamides is 1. The second-order valence-electron chi connectivity index (χ2n) is 6.01. The molecular formula is C21H20FNO3S. The smallest absolute Gasteiger partial charge is 0.264 e. The van der Waals surface area contributed by atoms with Crippen molar-refractivity contribution in [2.75, 3.05) is 11.4 Å². The van der Waals surface area contributed by atoms with Gasteiger partial charge in [0.15, 0.2) is 0 Å². The largest absolute Gasteiger partial charge is 0.496 e. The van der Waals surface area contributed by atoms with Crippen LogP contribution in [0.2, 0.25) is 0 Å². The molecule has 0 heterocycles. The van der Waals surface area contributed by atoms with Crippen LogP contribution >= 0.6 is 0 Å². The van der Waals surface area contributed by atoms with E-state index in [4.69, 9.17) is 4.74 Å². The van der Waals surface area contributed by atoms with Crippen LogP contribution in [-0.2, 0) is 10.0 Å². The zero-order valence-electron chi connectivity index (χ0n) is 15.0. The molecule has 1 atom stereocenters. The van der Waals surface area contributed by atoms with Gasteiger partial charge in [0, 0.05) is 5.56 Å². The van der Waals surface area contributed by atoms with Crippen LogP contribution in [0.3, 0.4) is 0 Å². The van der Waals surface area contributed by atoms with Crippen molar-refractivity contribution in [1.82, 2.24) is 0 Å². The SMILES string of the molecule is COc1ccccc1C(C)N(c1ccc(F)cc1)S(=O)(=O)c1ccccc1. The average molecular weight is 385 g/mol. The molecule has 0 amide bonds. The minimum Gasteiger partial charge on any atom is -0.496 e. The molecule has 0 fully saturated rings.